The molecule has 170 valence electrons. The van der Waals surface area contributed by atoms with Crippen LogP contribution in [0.15, 0.2) is 60.9 Å². The summed E-state index contributed by atoms with van der Waals surface area (Å²) in [6, 6.07) is 10.6. The Labute approximate surface area is 183 Å². The van der Waals surface area contributed by atoms with E-state index in [9.17, 15) is 45.6 Å². The highest BCUT2D eigenvalue weighted by molar-refractivity contribution is 5.64. The SMILES string of the molecule is O=[N+]([O-])c1cc([N+](=O)[O-])c(O)c([N+](=O)[O-])c1.O=[N+]([O-])c1ccc(C[n+]2cccc(O)c2)cc1. The highest BCUT2D eigenvalue weighted by Gasteiger charge is 2.30. The topological polar surface area (TPSA) is 217 Å². The molecule has 15 heteroatoms. The first-order valence-corrected chi connectivity index (χ1v) is 8.71. The van der Waals surface area contributed by atoms with Crippen LogP contribution in [-0.2, 0) is 6.54 Å². The van der Waals surface area contributed by atoms with Crippen LogP contribution < -0.4 is 4.57 Å². The third-order valence-electron chi connectivity index (χ3n) is 4.01. The third-order valence-corrected chi connectivity index (χ3v) is 4.01. The number of aromatic hydroxyl groups is 2. The van der Waals surface area contributed by atoms with Gasteiger partial charge in [0.25, 0.3) is 17.1 Å². The molecule has 0 saturated carbocycles. The first-order valence-electron chi connectivity index (χ1n) is 8.71. The maximum Gasteiger partial charge on any atom is 0.324 e. The minimum absolute atomic E-state index is 0.0784. The summed E-state index contributed by atoms with van der Waals surface area (Å²) in [7, 11) is 0. The number of phenols is 1. The molecule has 3 rings (SSSR count). The molecule has 15 nitrogen and oxygen atoms in total. The summed E-state index contributed by atoms with van der Waals surface area (Å²) in [6.45, 7) is 0.562. The Kier molecular flexibility index (Phi) is 7.44. The van der Waals surface area contributed by atoms with E-state index in [1.807, 2.05) is 6.20 Å². The lowest BCUT2D eigenvalue weighted by Crippen LogP contribution is -2.32. The molecule has 0 atom stereocenters. The normalized spacial score (nSPS) is 9.94. The van der Waals surface area contributed by atoms with Crippen LogP contribution in [0.1, 0.15) is 5.56 Å². The number of nitro benzene ring substituents is 4. The van der Waals surface area contributed by atoms with Crippen LogP contribution in [-0.4, -0.2) is 29.9 Å². The Morgan fingerprint density at radius 1 is 0.727 bits per heavy atom. The van der Waals surface area contributed by atoms with Gasteiger partial charge in [-0.25, -0.2) is 0 Å². The molecule has 2 N–H and O–H groups in total. The van der Waals surface area contributed by atoms with E-state index in [0.717, 1.165) is 5.56 Å². The van der Waals surface area contributed by atoms with Crippen molar-refractivity contribution in [3.63, 3.8) is 0 Å². The molecule has 0 aliphatic carbocycles. The predicted molar refractivity (Wildman–Crippen MR) is 109 cm³/mol. The Morgan fingerprint density at radius 3 is 1.67 bits per heavy atom. The van der Waals surface area contributed by atoms with E-state index in [-0.39, 0.29) is 11.4 Å². The quantitative estimate of drug-likeness (QED) is 0.311. The van der Waals surface area contributed by atoms with Gasteiger partial charge in [-0.05, 0) is 18.2 Å². The van der Waals surface area contributed by atoms with Crippen LogP contribution >= 0.6 is 0 Å². The summed E-state index contributed by atoms with van der Waals surface area (Å²) < 4.78 is 1.80. The summed E-state index contributed by atoms with van der Waals surface area (Å²) in [5.74, 6) is -1.02. The number of pyridine rings is 1. The molecular weight excluding hydrogens is 446 g/mol. The third kappa shape index (κ3) is 6.38. The number of non-ortho nitro benzene ring substituents is 2. The molecular formula is C18H14N5O10+. The summed E-state index contributed by atoms with van der Waals surface area (Å²) in [5, 5.41) is 60.0. The van der Waals surface area contributed by atoms with Gasteiger partial charge < -0.3 is 10.2 Å². The average Bonchev–Trinajstić information content (AvgIpc) is 2.74. The molecule has 0 aliphatic rings. The monoisotopic (exact) mass is 460 g/mol. The van der Waals surface area contributed by atoms with E-state index >= 15 is 0 Å². The molecule has 0 radical (unpaired) electrons. The van der Waals surface area contributed by atoms with Crippen LogP contribution in [0, 0.1) is 40.5 Å². The second kappa shape index (κ2) is 10.2. The van der Waals surface area contributed by atoms with Crippen molar-refractivity contribution in [3.05, 3.63) is 107 Å². The lowest BCUT2D eigenvalue weighted by atomic mass is 10.2. The van der Waals surface area contributed by atoms with Crippen LogP contribution in [0.5, 0.6) is 11.5 Å². The van der Waals surface area contributed by atoms with E-state index in [0.29, 0.717) is 18.7 Å². The maximum atomic E-state index is 10.5. The van der Waals surface area contributed by atoms with Gasteiger partial charge in [0.1, 0.15) is 0 Å². The van der Waals surface area contributed by atoms with Crippen molar-refractivity contribution in [1.82, 2.24) is 0 Å². The number of hydrogen-bond acceptors (Lipinski definition) is 10. The number of nitrogens with zero attached hydrogens (tertiary/aromatic N) is 5. The zero-order valence-electron chi connectivity index (χ0n) is 16.4. The highest BCUT2D eigenvalue weighted by Crippen LogP contribution is 2.38. The fourth-order valence-electron chi connectivity index (χ4n) is 2.51. The molecule has 2 aromatic carbocycles. The standard InChI is InChI=1S/C12H10N2O3.C6H3N3O7/c15-12-2-1-7-13(9-12)8-10-3-5-11(6-4-10)14(16)17;10-6-4(8(13)14)1-3(7(11)12)2-5(6)9(15)16/h1-7,9H,8H2;1-2,10H/p+1. The largest absolute Gasteiger partial charge is 0.503 e. The van der Waals surface area contributed by atoms with Gasteiger partial charge in [-0.1, -0.05) is 0 Å². The number of phenolic OH excluding ortho intramolecular Hbond substituents is 1. The summed E-state index contributed by atoms with van der Waals surface area (Å²) in [4.78, 5) is 37.8. The van der Waals surface area contributed by atoms with Gasteiger partial charge >= 0.3 is 11.4 Å². The summed E-state index contributed by atoms with van der Waals surface area (Å²) in [6.07, 6.45) is 3.42. The molecule has 1 heterocycles. The van der Waals surface area contributed by atoms with Gasteiger partial charge in [-0.2, -0.15) is 4.57 Å². The molecule has 0 spiro atoms. The van der Waals surface area contributed by atoms with Crippen molar-refractivity contribution in [2.24, 2.45) is 0 Å². The van der Waals surface area contributed by atoms with Crippen molar-refractivity contribution < 1.29 is 34.5 Å². The molecule has 1 aromatic heterocycles. The zero-order chi connectivity index (χ0) is 24.7. The molecule has 0 unspecified atom stereocenters. The highest BCUT2D eigenvalue weighted by atomic mass is 16.6. The average molecular weight is 460 g/mol. The molecule has 0 bridgehead atoms. The Morgan fingerprint density at radius 2 is 1.24 bits per heavy atom. The van der Waals surface area contributed by atoms with Gasteiger partial charge in [-0.15, -0.1) is 0 Å². The van der Waals surface area contributed by atoms with Crippen molar-refractivity contribution in [3.8, 4) is 11.5 Å². The second-order valence-corrected chi connectivity index (χ2v) is 6.26. The molecule has 0 saturated heterocycles. The van der Waals surface area contributed by atoms with Gasteiger partial charge in [0.2, 0.25) is 6.20 Å². The number of benzene rings is 2. The fourth-order valence-corrected chi connectivity index (χ4v) is 2.51. The summed E-state index contributed by atoms with van der Waals surface area (Å²) in [5.41, 5.74) is -1.99. The number of rotatable bonds is 6. The van der Waals surface area contributed by atoms with Crippen LogP contribution in [0.25, 0.3) is 0 Å². The fraction of sp³-hybridized carbons (Fsp3) is 0.0556. The smallest absolute Gasteiger partial charge is 0.324 e. The van der Waals surface area contributed by atoms with E-state index in [1.54, 1.807) is 35.0 Å². The predicted octanol–water partition coefficient (Wildman–Crippen LogP) is 2.75. The molecule has 33 heavy (non-hydrogen) atoms. The van der Waals surface area contributed by atoms with Crippen LogP contribution in [0.4, 0.5) is 22.7 Å². The van der Waals surface area contributed by atoms with E-state index < -0.39 is 42.5 Å². The van der Waals surface area contributed by atoms with Crippen molar-refractivity contribution in [2.75, 3.05) is 0 Å². The van der Waals surface area contributed by atoms with Gasteiger partial charge in [-0.3, -0.25) is 40.5 Å². The van der Waals surface area contributed by atoms with Crippen molar-refractivity contribution in [2.45, 2.75) is 6.54 Å². The molecule has 0 aliphatic heterocycles. The number of aromatic nitrogens is 1. The second-order valence-electron chi connectivity index (χ2n) is 6.26. The van der Waals surface area contributed by atoms with Crippen LogP contribution in [0.3, 0.4) is 0 Å². The number of nitro groups is 4. The number of hydrogen-bond donors (Lipinski definition) is 2. The molecule has 0 amide bonds. The van der Waals surface area contributed by atoms with E-state index in [1.165, 1.54) is 12.1 Å². The van der Waals surface area contributed by atoms with Crippen LogP contribution in [0.2, 0.25) is 0 Å². The van der Waals surface area contributed by atoms with Gasteiger partial charge in [0.05, 0.1) is 31.8 Å². The van der Waals surface area contributed by atoms with Crippen molar-refractivity contribution in [1.29, 1.82) is 0 Å². The Bertz CT molecular complexity index is 1190. The van der Waals surface area contributed by atoms with Crippen molar-refractivity contribution >= 4 is 22.7 Å². The zero-order valence-corrected chi connectivity index (χ0v) is 16.4. The Hall–Kier alpha value is -5.21. The van der Waals surface area contributed by atoms with Gasteiger partial charge in [0, 0.05) is 23.8 Å². The maximum absolute atomic E-state index is 10.5. The Balaban J connectivity index is 0.000000234. The first-order chi connectivity index (χ1) is 15.5. The van der Waals surface area contributed by atoms with Gasteiger partial charge in [0.15, 0.2) is 18.5 Å². The van der Waals surface area contributed by atoms with E-state index in [4.69, 9.17) is 5.11 Å². The lowest BCUT2D eigenvalue weighted by molar-refractivity contribution is -0.688. The minimum Gasteiger partial charge on any atom is -0.503 e. The molecule has 0 fully saturated rings. The first kappa shape index (κ1) is 24.1. The molecule has 3 aromatic rings. The minimum atomic E-state index is -1.21. The summed E-state index contributed by atoms with van der Waals surface area (Å²) >= 11 is 0. The van der Waals surface area contributed by atoms with E-state index in [2.05, 4.69) is 0 Å². The lowest BCUT2D eigenvalue weighted by Gasteiger charge is -1.98.